The van der Waals surface area contributed by atoms with Crippen LogP contribution >= 0.6 is 0 Å². The van der Waals surface area contributed by atoms with Gasteiger partial charge in [0.1, 0.15) is 0 Å². The van der Waals surface area contributed by atoms with Crippen LogP contribution in [0.3, 0.4) is 0 Å². The van der Waals surface area contributed by atoms with Crippen LogP contribution in [0.25, 0.3) is 16.3 Å². The fourth-order valence-corrected chi connectivity index (χ4v) is 3.37. The van der Waals surface area contributed by atoms with Crippen LogP contribution in [-0.2, 0) is 0 Å². The molecule has 1 atom stereocenters. The van der Waals surface area contributed by atoms with Gasteiger partial charge in [0.2, 0.25) is 0 Å². The van der Waals surface area contributed by atoms with Gasteiger partial charge in [-0.3, -0.25) is 9.59 Å². The predicted octanol–water partition coefficient (Wildman–Crippen LogP) is 3.89. The van der Waals surface area contributed by atoms with Crippen LogP contribution < -0.4 is 5.56 Å². The van der Waals surface area contributed by atoms with Crippen molar-refractivity contribution in [3.8, 4) is 0 Å². The van der Waals surface area contributed by atoms with Crippen LogP contribution in [-0.4, -0.2) is 27.2 Å². The van der Waals surface area contributed by atoms with Gasteiger partial charge in [0, 0.05) is 31.2 Å². The number of nitrogens with one attached hydrogen (secondary N) is 1. The number of aromatic nitrogens is 2. The summed E-state index contributed by atoms with van der Waals surface area (Å²) in [5, 5.41) is 0.313. The first-order chi connectivity index (χ1) is 13.4. The van der Waals surface area contributed by atoms with Crippen LogP contribution in [0, 0.1) is 11.6 Å². The summed E-state index contributed by atoms with van der Waals surface area (Å²) < 4.78 is 29.2. The molecule has 4 aromatic rings. The van der Waals surface area contributed by atoms with Crippen LogP contribution in [0.5, 0.6) is 0 Å². The molecule has 3 heterocycles. The SMILES string of the molecule is C[C@@H](c1c[nH]c(=O)c2cc(F)c(F)cc12)N(C)C(=O)c1ccc2cccn2c1. The summed E-state index contributed by atoms with van der Waals surface area (Å²) in [6.45, 7) is 1.76. The minimum Gasteiger partial charge on any atom is -0.335 e. The molecule has 5 nitrogen and oxygen atoms in total. The number of hydrogen-bond donors (Lipinski definition) is 1. The van der Waals surface area contributed by atoms with Crippen molar-refractivity contribution in [2.75, 3.05) is 7.05 Å². The Morgan fingerprint density at radius 3 is 2.61 bits per heavy atom. The van der Waals surface area contributed by atoms with Gasteiger partial charge in [0.15, 0.2) is 11.6 Å². The molecule has 28 heavy (non-hydrogen) atoms. The monoisotopic (exact) mass is 381 g/mol. The topological polar surface area (TPSA) is 57.6 Å². The van der Waals surface area contributed by atoms with Crippen LogP contribution in [0.4, 0.5) is 8.78 Å². The van der Waals surface area contributed by atoms with Crippen molar-refractivity contribution in [3.63, 3.8) is 0 Å². The number of fused-ring (bicyclic) bond motifs is 2. The summed E-state index contributed by atoms with van der Waals surface area (Å²) in [7, 11) is 1.63. The number of carbonyl (C=O) groups is 1. The lowest BCUT2D eigenvalue weighted by Gasteiger charge is -2.26. The Hall–Kier alpha value is -3.48. The molecule has 0 aliphatic heterocycles. The molecule has 0 bridgehead atoms. The number of halogens is 2. The Balaban J connectivity index is 1.75. The summed E-state index contributed by atoms with van der Waals surface area (Å²) in [4.78, 5) is 29.0. The van der Waals surface area contributed by atoms with Gasteiger partial charge >= 0.3 is 0 Å². The summed E-state index contributed by atoms with van der Waals surface area (Å²) in [6.07, 6.45) is 5.02. The average Bonchev–Trinajstić information content (AvgIpc) is 3.16. The third kappa shape index (κ3) is 2.85. The summed E-state index contributed by atoms with van der Waals surface area (Å²) in [6, 6.07) is 8.78. The normalized spacial score (nSPS) is 12.4. The maximum Gasteiger partial charge on any atom is 0.255 e. The van der Waals surface area contributed by atoms with Crippen molar-refractivity contribution in [3.05, 3.63) is 88.1 Å². The van der Waals surface area contributed by atoms with Gasteiger partial charge in [-0.2, -0.15) is 0 Å². The smallest absolute Gasteiger partial charge is 0.255 e. The minimum absolute atomic E-state index is 0.0397. The molecule has 4 rings (SSSR count). The molecule has 1 amide bonds. The Labute approximate surface area is 158 Å². The maximum absolute atomic E-state index is 13.8. The van der Waals surface area contributed by atoms with Gasteiger partial charge in [-0.25, -0.2) is 8.78 Å². The zero-order valence-electron chi connectivity index (χ0n) is 15.2. The highest BCUT2D eigenvalue weighted by Gasteiger charge is 2.22. The van der Waals surface area contributed by atoms with Gasteiger partial charge < -0.3 is 14.3 Å². The average molecular weight is 381 g/mol. The number of carbonyl (C=O) groups excluding carboxylic acids is 1. The second kappa shape index (κ2) is 6.60. The van der Waals surface area contributed by atoms with E-state index >= 15 is 0 Å². The lowest BCUT2D eigenvalue weighted by molar-refractivity contribution is 0.0743. The zero-order chi connectivity index (χ0) is 20.0. The van der Waals surface area contributed by atoms with Crippen molar-refractivity contribution in [2.24, 2.45) is 0 Å². The van der Waals surface area contributed by atoms with Crippen molar-refractivity contribution in [1.29, 1.82) is 0 Å². The lowest BCUT2D eigenvalue weighted by atomic mass is 10.0. The molecule has 0 saturated carbocycles. The van der Waals surface area contributed by atoms with E-state index in [0.29, 0.717) is 11.1 Å². The molecule has 1 N–H and O–H groups in total. The molecule has 0 aliphatic rings. The summed E-state index contributed by atoms with van der Waals surface area (Å²) >= 11 is 0. The van der Waals surface area contributed by atoms with E-state index in [0.717, 1.165) is 17.6 Å². The molecule has 0 fully saturated rings. The number of pyridine rings is 2. The van der Waals surface area contributed by atoms with E-state index < -0.39 is 23.2 Å². The largest absolute Gasteiger partial charge is 0.335 e. The van der Waals surface area contributed by atoms with Gasteiger partial charge in [-0.05, 0) is 54.3 Å². The maximum atomic E-state index is 13.8. The molecule has 7 heteroatoms. The van der Waals surface area contributed by atoms with Crippen LogP contribution in [0.15, 0.2) is 59.8 Å². The first kappa shape index (κ1) is 17.9. The highest BCUT2D eigenvalue weighted by atomic mass is 19.2. The van der Waals surface area contributed by atoms with Crippen LogP contribution in [0.2, 0.25) is 0 Å². The lowest BCUT2D eigenvalue weighted by Crippen LogP contribution is -2.30. The molecule has 3 aromatic heterocycles. The molecule has 0 radical (unpaired) electrons. The summed E-state index contributed by atoms with van der Waals surface area (Å²) in [5.74, 6) is -2.36. The van der Waals surface area contributed by atoms with E-state index in [1.54, 1.807) is 26.2 Å². The third-order valence-corrected chi connectivity index (χ3v) is 5.10. The van der Waals surface area contributed by atoms with Gasteiger partial charge in [0.25, 0.3) is 11.5 Å². The Kier molecular flexibility index (Phi) is 4.22. The molecular weight excluding hydrogens is 364 g/mol. The van der Waals surface area contributed by atoms with E-state index in [4.69, 9.17) is 0 Å². The number of rotatable bonds is 3. The highest BCUT2D eigenvalue weighted by molar-refractivity contribution is 5.95. The first-order valence-electron chi connectivity index (χ1n) is 8.71. The van der Waals surface area contributed by atoms with E-state index in [-0.39, 0.29) is 16.7 Å². The first-order valence-corrected chi connectivity index (χ1v) is 8.71. The summed E-state index contributed by atoms with van der Waals surface area (Å²) in [5.41, 5.74) is 1.46. The van der Waals surface area contributed by atoms with E-state index in [9.17, 15) is 18.4 Å². The second-order valence-electron chi connectivity index (χ2n) is 6.74. The fraction of sp³-hybridized carbons (Fsp3) is 0.143. The van der Waals surface area contributed by atoms with E-state index in [2.05, 4.69) is 4.98 Å². The van der Waals surface area contributed by atoms with Crippen molar-refractivity contribution in [2.45, 2.75) is 13.0 Å². The van der Waals surface area contributed by atoms with Crippen molar-refractivity contribution < 1.29 is 13.6 Å². The van der Waals surface area contributed by atoms with E-state index in [1.807, 2.05) is 28.8 Å². The standard InChI is InChI=1S/C21H17F2N3O2/c1-12(17-10-24-20(27)16-9-19(23)18(22)8-15(16)17)25(2)21(28)13-5-6-14-4-3-7-26(14)11-13/h3-12H,1-2H3,(H,24,27)/t12-/m0/s1. The molecule has 0 aliphatic carbocycles. The highest BCUT2D eigenvalue weighted by Crippen LogP contribution is 2.27. The Bertz CT molecular complexity index is 1280. The Morgan fingerprint density at radius 1 is 1.14 bits per heavy atom. The minimum atomic E-state index is -1.09. The third-order valence-electron chi connectivity index (χ3n) is 5.10. The van der Waals surface area contributed by atoms with Crippen molar-refractivity contribution >= 4 is 22.2 Å². The predicted molar refractivity (Wildman–Crippen MR) is 102 cm³/mol. The van der Waals surface area contributed by atoms with Gasteiger partial charge in [-0.1, -0.05) is 0 Å². The molecule has 0 unspecified atom stereocenters. The van der Waals surface area contributed by atoms with Crippen molar-refractivity contribution in [1.82, 2.24) is 14.3 Å². The number of aromatic amines is 1. The number of amides is 1. The van der Waals surface area contributed by atoms with Crippen LogP contribution in [0.1, 0.15) is 28.9 Å². The fourth-order valence-electron chi connectivity index (χ4n) is 3.37. The Morgan fingerprint density at radius 2 is 1.86 bits per heavy atom. The number of H-pyrrole nitrogens is 1. The molecule has 1 aromatic carbocycles. The number of hydrogen-bond acceptors (Lipinski definition) is 2. The van der Waals surface area contributed by atoms with Gasteiger partial charge in [-0.15, -0.1) is 0 Å². The molecule has 0 saturated heterocycles. The number of benzene rings is 1. The number of nitrogens with zero attached hydrogens (tertiary/aromatic N) is 2. The zero-order valence-corrected chi connectivity index (χ0v) is 15.2. The quantitative estimate of drug-likeness (QED) is 0.585. The molecule has 0 spiro atoms. The molecular formula is C21H17F2N3O2. The van der Waals surface area contributed by atoms with Gasteiger partial charge in [0.05, 0.1) is 17.0 Å². The molecule has 142 valence electrons. The second-order valence-corrected chi connectivity index (χ2v) is 6.74. The van der Waals surface area contributed by atoms with E-state index in [1.165, 1.54) is 11.1 Å².